The summed E-state index contributed by atoms with van der Waals surface area (Å²) in [5.74, 6) is 1.14. The number of para-hydroxylation sites is 1. The van der Waals surface area contributed by atoms with Crippen LogP contribution in [0, 0.1) is 0 Å². The Bertz CT molecular complexity index is 1270. The van der Waals surface area contributed by atoms with E-state index in [1.807, 2.05) is 65.2 Å². The zero-order chi connectivity index (χ0) is 24.1. The molecule has 1 heterocycles. The van der Waals surface area contributed by atoms with E-state index >= 15 is 0 Å². The van der Waals surface area contributed by atoms with Crippen LogP contribution in [0.1, 0.15) is 30.9 Å². The van der Waals surface area contributed by atoms with Crippen molar-refractivity contribution in [3.63, 3.8) is 0 Å². The predicted octanol–water partition coefficient (Wildman–Crippen LogP) is 6.77. The molecule has 34 heavy (non-hydrogen) atoms. The Morgan fingerprint density at radius 2 is 1.59 bits per heavy atom. The molecule has 8 heteroatoms. The number of hydrogen-bond donors (Lipinski definition) is 1. The van der Waals surface area contributed by atoms with Crippen LogP contribution in [0.2, 0.25) is 10.0 Å². The molecule has 1 aromatic heterocycles. The minimum Gasteiger partial charge on any atom is -0.351 e. The Hall–Kier alpha value is -2.80. The number of benzene rings is 3. The fourth-order valence-corrected chi connectivity index (χ4v) is 4.56. The van der Waals surface area contributed by atoms with E-state index in [4.69, 9.17) is 23.2 Å². The van der Waals surface area contributed by atoms with Crippen molar-refractivity contribution in [2.75, 3.05) is 5.75 Å². The third-order valence-corrected chi connectivity index (χ3v) is 6.70. The quantitative estimate of drug-likeness (QED) is 0.265. The maximum atomic E-state index is 12.6. The number of hydrogen-bond acceptors (Lipinski definition) is 4. The Labute approximate surface area is 213 Å². The largest absolute Gasteiger partial charge is 0.351 e. The van der Waals surface area contributed by atoms with Gasteiger partial charge in [-0.3, -0.25) is 9.36 Å². The van der Waals surface area contributed by atoms with E-state index in [9.17, 15) is 4.79 Å². The molecule has 0 saturated carbocycles. The molecule has 4 rings (SSSR count). The van der Waals surface area contributed by atoms with Crippen molar-refractivity contribution in [2.24, 2.45) is 0 Å². The molecular formula is C26H24Cl2N4OS. The Morgan fingerprint density at radius 3 is 2.26 bits per heavy atom. The molecule has 1 amide bonds. The number of aromatic nitrogens is 3. The summed E-state index contributed by atoms with van der Waals surface area (Å²) in [6.07, 6.45) is 0. The number of thioether (sulfide) groups is 1. The van der Waals surface area contributed by atoms with Gasteiger partial charge in [-0.05, 0) is 59.5 Å². The summed E-state index contributed by atoms with van der Waals surface area (Å²) in [5, 5.41) is 13.8. The number of carbonyl (C=O) groups excluding carboxylic acids is 1. The number of nitrogens with zero attached hydrogens (tertiary/aromatic N) is 3. The van der Waals surface area contributed by atoms with E-state index in [2.05, 4.69) is 41.5 Å². The maximum absolute atomic E-state index is 12.6. The average Bonchev–Trinajstić information content (AvgIpc) is 3.26. The predicted molar refractivity (Wildman–Crippen MR) is 140 cm³/mol. The summed E-state index contributed by atoms with van der Waals surface area (Å²) in [5.41, 5.74) is 4.05. The van der Waals surface area contributed by atoms with Gasteiger partial charge in [0.1, 0.15) is 0 Å². The molecule has 0 radical (unpaired) electrons. The summed E-state index contributed by atoms with van der Waals surface area (Å²) in [6, 6.07) is 23.1. The van der Waals surface area contributed by atoms with Crippen LogP contribution in [0.3, 0.4) is 0 Å². The molecular weight excluding hydrogens is 487 g/mol. The minimum absolute atomic E-state index is 0.0836. The van der Waals surface area contributed by atoms with Gasteiger partial charge >= 0.3 is 0 Å². The lowest BCUT2D eigenvalue weighted by Gasteiger charge is -2.17. The standard InChI is InChI=1S/C26H24Cl2N4OS/c1-17(2)22-5-3-4-6-23(22)32-25(19-9-13-21(28)14-10-19)30-31-26(32)34-16-24(33)29-15-18-7-11-20(27)12-8-18/h3-14,17H,15-16H2,1-2H3,(H,29,33). The van der Waals surface area contributed by atoms with Gasteiger partial charge in [0.05, 0.1) is 11.4 Å². The highest BCUT2D eigenvalue weighted by Crippen LogP contribution is 2.32. The Balaban J connectivity index is 1.59. The maximum Gasteiger partial charge on any atom is 0.230 e. The third kappa shape index (κ3) is 5.81. The van der Waals surface area contributed by atoms with Crippen LogP contribution in [0.25, 0.3) is 17.1 Å². The summed E-state index contributed by atoms with van der Waals surface area (Å²) in [4.78, 5) is 12.6. The topological polar surface area (TPSA) is 59.8 Å². The summed E-state index contributed by atoms with van der Waals surface area (Å²) < 4.78 is 2.02. The van der Waals surface area contributed by atoms with Crippen LogP contribution < -0.4 is 5.32 Å². The van der Waals surface area contributed by atoms with E-state index < -0.39 is 0 Å². The van der Waals surface area contributed by atoms with E-state index in [1.54, 1.807) is 0 Å². The van der Waals surface area contributed by atoms with Crippen LogP contribution in [0.15, 0.2) is 78.0 Å². The first kappa shape index (κ1) is 24.3. The second-order valence-electron chi connectivity index (χ2n) is 8.05. The van der Waals surface area contributed by atoms with Crippen molar-refractivity contribution in [2.45, 2.75) is 31.5 Å². The SMILES string of the molecule is CC(C)c1ccccc1-n1c(SCC(=O)NCc2ccc(Cl)cc2)nnc1-c1ccc(Cl)cc1. The fraction of sp³-hybridized carbons (Fsp3) is 0.192. The number of rotatable bonds is 8. The monoisotopic (exact) mass is 510 g/mol. The van der Waals surface area contributed by atoms with Gasteiger partial charge in [-0.25, -0.2) is 0 Å². The molecule has 0 atom stereocenters. The molecule has 0 aliphatic rings. The van der Waals surface area contributed by atoms with Crippen molar-refractivity contribution >= 4 is 40.9 Å². The lowest BCUT2D eigenvalue weighted by atomic mass is 10.0. The lowest BCUT2D eigenvalue weighted by Crippen LogP contribution is -2.24. The fourth-order valence-electron chi connectivity index (χ4n) is 3.53. The van der Waals surface area contributed by atoms with Gasteiger partial charge in [-0.15, -0.1) is 10.2 Å². The van der Waals surface area contributed by atoms with E-state index in [0.29, 0.717) is 33.5 Å². The van der Waals surface area contributed by atoms with Gasteiger partial charge < -0.3 is 5.32 Å². The second kappa shape index (κ2) is 11.1. The summed E-state index contributed by atoms with van der Waals surface area (Å²) in [7, 11) is 0. The normalized spacial score (nSPS) is 11.1. The van der Waals surface area contributed by atoms with Crippen molar-refractivity contribution < 1.29 is 4.79 Å². The number of halogens is 2. The number of amides is 1. The van der Waals surface area contributed by atoms with Gasteiger partial charge in [0.15, 0.2) is 11.0 Å². The van der Waals surface area contributed by atoms with Gasteiger partial charge in [0, 0.05) is 22.2 Å². The van der Waals surface area contributed by atoms with Crippen LogP contribution in [0.4, 0.5) is 0 Å². The Morgan fingerprint density at radius 1 is 0.941 bits per heavy atom. The lowest BCUT2D eigenvalue weighted by molar-refractivity contribution is -0.118. The summed E-state index contributed by atoms with van der Waals surface area (Å²) in [6.45, 7) is 4.75. The van der Waals surface area contributed by atoms with Gasteiger partial charge in [-0.1, -0.05) is 79.1 Å². The number of carbonyl (C=O) groups is 1. The highest BCUT2D eigenvalue weighted by atomic mass is 35.5. The molecule has 0 spiro atoms. The molecule has 4 aromatic rings. The van der Waals surface area contributed by atoms with Crippen molar-refractivity contribution in [1.82, 2.24) is 20.1 Å². The van der Waals surface area contributed by atoms with E-state index in [1.165, 1.54) is 17.3 Å². The first-order valence-corrected chi connectivity index (χ1v) is 12.6. The van der Waals surface area contributed by atoms with Crippen LogP contribution in [-0.4, -0.2) is 26.4 Å². The number of nitrogens with one attached hydrogen (secondary N) is 1. The molecule has 3 aromatic carbocycles. The first-order valence-electron chi connectivity index (χ1n) is 10.9. The summed E-state index contributed by atoms with van der Waals surface area (Å²) >= 11 is 13.4. The van der Waals surface area contributed by atoms with Gasteiger partial charge in [-0.2, -0.15) is 0 Å². The van der Waals surface area contributed by atoms with E-state index in [-0.39, 0.29) is 11.7 Å². The molecule has 0 fully saturated rings. The molecule has 0 bridgehead atoms. The van der Waals surface area contributed by atoms with Crippen molar-refractivity contribution in [3.8, 4) is 17.1 Å². The highest BCUT2D eigenvalue weighted by Gasteiger charge is 2.20. The van der Waals surface area contributed by atoms with Crippen LogP contribution >= 0.6 is 35.0 Å². The van der Waals surface area contributed by atoms with Crippen molar-refractivity contribution in [3.05, 3.63) is 94.0 Å². The smallest absolute Gasteiger partial charge is 0.230 e. The molecule has 0 aliphatic carbocycles. The van der Waals surface area contributed by atoms with Crippen LogP contribution in [-0.2, 0) is 11.3 Å². The molecule has 0 unspecified atom stereocenters. The third-order valence-electron chi connectivity index (χ3n) is 5.27. The van der Waals surface area contributed by atoms with E-state index in [0.717, 1.165) is 16.8 Å². The highest BCUT2D eigenvalue weighted by molar-refractivity contribution is 7.99. The molecule has 174 valence electrons. The molecule has 1 N–H and O–H groups in total. The second-order valence-corrected chi connectivity index (χ2v) is 9.87. The first-order chi connectivity index (χ1) is 16.4. The Kier molecular flexibility index (Phi) is 7.93. The zero-order valence-electron chi connectivity index (χ0n) is 18.8. The minimum atomic E-state index is -0.0836. The van der Waals surface area contributed by atoms with Crippen molar-refractivity contribution in [1.29, 1.82) is 0 Å². The molecule has 5 nitrogen and oxygen atoms in total. The van der Waals surface area contributed by atoms with Gasteiger partial charge in [0.25, 0.3) is 0 Å². The molecule has 0 aliphatic heterocycles. The van der Waals surface area contributed by atoms with Crippen LogP contribution in [0.5, 0.6) is 0 Å². The molecule has 0 saturated heterocycles. The zero-order valence-corrected chi connectivity index (χ0v) is 21.2. The van der Waals surface area contributed by atoms with Gasteiger partial charge in [0.2, 0.25) is 5.91 Å². The average molecular weight is 511 g/mol.